The molecule has 17 heavy (non-hydrogen) atoms. The molecular formula is C15H18P2. The van der Waals surface area contributed by atoms with Gasteiger partial charge in [0.2, 0.25) is 0 Å². The van der Waals surface area contributed by atoms with Crippen molar-refractivity contribution in [2.75, 3.05) is 0 Å². The summed E-state index contributed by atoms with van der Waals surface area (Å²) < 4.78 is 0. The van der Waals surface area contributed by atoms with Gasteiger partial charge < -0.3 is 0 Å². The lowest BCUT2D eigenvalue weighted by Gasteiger charge is -2.17. The zero-order valence-corrected chi connectivity index (χ0v) is 12.1. The van der Waals surface area contributed by atoms with Gasteiger partial charge in [0.1, 0.15) is 0 Å². The molecule has 4 atom stereocenters. The van der Waals surface area contributed by atoms with E-state index < -0.39 is 0 Å². The van der Waals surface area contributed by atoms with Crippen molar-refractivity contribution in [3.8, 4) is 0 Å². The molecule has 4 unspecified atom stereocenters. The fourth-order valence-corrected chi connectivity index (χ4v) is 3.29. The molecule has 0 spiro atoms. The van der Waals surface area contributed by atoms with Crippen LogP contribution < -0.4 is 0 Å². The van der Waals surface area contributed by atoms with E-state index in [1.165, 1.54) is 11.1 Å². The van der Waals surface area contributed by atoms with Gasteiger partial charge in [0, 0.05) is 0 Å². The van der Waals surface area contributed by atoms with Crippen molar-refractivity contribution in [3.63, 3.8) is 0 Å². The van der Waals surface area contributed by atoms with E-state index in [4.69, 9.17) is 0 Å². The van der Waals surface area contributed by atoms with Gasteiger partial charge >= 0.3 is 0 Å². The number of rotatable bonds is 4. The molecular weight excluding hydrogens is 242 g/mol. The van der Waals surface area contributed by atoms with Gasteiger partial charge in [-0.05, 0) is 28.9 Å². The Balaban J connectivity index is 2.02. The molecule has 0 saturated carbocycles. The third-order valence-corrected chi connectivity index (χ3v) is 4.28. The fourth-order valence-electron chi connectivity index (χ4n) is 1.95. The minimum absolute atomic E-state index is 0.513. The van der Waals surface area contributed by atoms with Crippen LogP contribution in [-0.2, 0) is 0 Å². The van der Waals surface area contributed by atoms with Gasteiger partial charge in [-0.25, -0.2) is 0 Å². The van der Waals surface area contributed by atoms with Crippen LogP contribution in [0.2, 0.25) is 0 Å². The number of hydrogen-bond acceptors (Lipinski definition) is 0. The van der Waals surface area contributed by atoms with Gasteiger partial charge in [-0.3, -0.25) is 0 Å². The molecule has 0 saturated heterocycles. The molecule has 88 valence electrons. The van der Waals surface area contributed by atoms with Gasteiger partial charge in [0.25, 0.3) is 0 Å². The molecule has 0 heterocycles. The summed E-state index contributed by atoms with van der Waals surface area (Å²) in [5.74, 6) is 0. The number of benzene rings is 2. The first-order valence-electron chi connectivity index (χ1n) is 5.88. The van der Waals surface area contributed by atoms with Crippen LogP contribution in [0.5, 0.6) is 0 Å². The first-order valence-corrected chi connectivity index (χ1v) is 7.22. The smallest absolute Gasteiger partial charge is 0.000557 e. The van der Waals surface area contributed by atoms with Gasteiger partial charge in [-0.2, -0.15) is 0 Å². The second-order valence-corrected chi connectivity index (χ2v) is 5.88. The molecule has 0 aromatic heterocycles. The van der Waals surface area contributed by atoms with Gasteiger partial charge in [-0.15, -0.1) is 18.5 Å². The lowest BCUT2D eigenvalue weighted by Crippen LogP contribution is -1.96. The van der Waals surface area contributed by atoms with Crippen LogP contribution in [0.1, 0.15) is 28.9 Å². The molecule has 0 radical (unpaired) electrons. The first-order chi connectivity index (χ1) is 8.27. The molecule has 0 amide bonds. The summed E-state index contributed by atoms with van der Waals surface area (Å²) in [5.41, 5.74) is 3.81. The van der Waals surface area contributed by atoms with E-state index in [9.17, 15) is 0 Å². The van der Waals surface area contributed by atoms with Crippen molar-refractivity contribution < 1.29 is 0 Å². The normalized spacial score (nSPS) is 14.2. The van der Waals surface area contributed by atoms with Crippen LogP contribution in [0.3, 0.4) is 0 Å². The Kier molecular flexibility index (Phi) is 4.72. The van der Waals surface area contributed by atoms with E-state index in [2.05, 4.69) is 79.1 Å². The van der Waals surface area contributed by atoms with E-state index in [1.54, 1.807) is 0 Å². The fraction of sp³-hybridized carbons (Fsp3) is 0.200. The van der Waals surface area contributed by atoms with E-state index >= 15 is 0 Å². The van der Waals surface area contributed by atoms with Crippen LogP contribution in [-0.4, -0.2) is 0 Å². The second kappa shape index (κ2) is 6.29. The van der Waals surface area contributed by atoms with Crippen LogP contribution in [0, 0.1) is 0 Å². The molecule has 0 aliphatic rings. The van der Waals surface area contributed by atoms with Crippen LogP contribution in [0.25, 0.3) is 0 Å². The van der Waals surface area contributed by atoms with Gasteiger partial charge in [-0.1, -0.05) is 60.7 Å². The maximum atomic E-state index is 2.95. The Labute approximate surface area is 108 Å². The van der Waals surface area contributed by atoms with Crippen molar-refractivity contribution in [2.45, 2.75) is 17.7 Å². The highest BCUT2D eigenvalue weighted by atomic mass is 31.0. The monoisotopic (exact) mass is 260 g/mol. The zero-order valence-electron chi connectivity index (χ0n) is 9.79. The minimum atomic E-state index is 0.513. The topological polar surface area (TPSA) is 0 Å². The maximum absolute atomic E-state index is 2.95. The lowest BCUT2D eigenvalue weighted by atomic mass is 10.0. The summed E-state index contributed by atoms with van der Waals surface area (Å²) in [4.78, 5) is 0. The highest BCUT2D eigenvalue weighted by molar-refractivity contribution is 7.18. The van der Waals surface area contributed by atoms with Crippen LogP contribution >= 0.6 is 18.5 Å². The Morgan fingerprint density at radius 3 is 1.35 bits per heavy atom. The predicted octanol–water partition coefficient (Wildman–Crippen LogP) is 4.61. The second-order valence-electron chi connectivity index (χ2n) is 4.27. The van der Waals surface area contributed by atoms with E-state index in [1.807, 2.05) is 0 Å². The Bertz CT molecular complexity index is 395. The van der Waals surface area contributed by atoms with E-state index in [0.717, 1.165) is 6.42 Å². The van der Waals surface area contributed by atoms with Crippen molar-refractivity contribution in [3.05, 3.63) is 71.8 Å². The zero-order chi connectivity index (χ0) is 12.1. The van der Waals surface area contributed by atoms with Crippen molar-refractivity contribution in [1.82, 2.24) is 0 Å². The molecule has 0 fully saturated rings. The Morgan fingerprint density at radius 2 is 1.00 bits per heavy atom. The molecule has 2 rings (SSSR count). The molecule has 0 aliphatic heterocycles. The SMILES string of the molecule is PC(CC(P)c1ccccc1)c1ccccc1. The summed E-state index contributed by atoms with van der Waals surface area (Å²) in [6, 6.07) is 21.3. The average Bonchev–Trinajstić information content (AvgIpc) is 2.40. The van der Waals surface area contributed by atoms with Crippen LogP contribution in [0.4, 0.5) is 0 Å². The standard InChI is InChI=1S/C15H18P2/c16-14(12-7-3-1-4-8-12)11-15(17)13-9-5-2-6-10-13/h1-10,14-15H,11,16-17H2. The number of hydrogen-bond donors (Lipinski definition) is 0. The van der Waals surface area contributed by atoms with E-state index in [0.29, 0.717) is 11.3 Å². The third kappa shape index (κ3) is 3.63. The summed E-state index contributed by atoms with van der Waals surface area (Å²) in [6.45, 7) is 0. The van der Waals surface area contributed by atoms with Gasteiger partial charge in [0.05, 0.1) is 0 Å². The van der Waals surface area contributed by atoms with Crippen molar-refractivity contribution in [1.29, 1.82) is 0 Å². The van der Waals surface area contributed by atoms with Gasteiger partial charge in [0.15, 0.2) is 0 Å². The van der Waals surface area contributed by atoms with Crippen LogP contribution in [0.15, 0.2) is 60.7 Å². The highest BCUT2D eigenvalue weighted by Crippen LogP contribution is 2.37. The summed E-state index contributed by atoms with van der Waals surface area (Å²) in [5, 5.41) is 0. The molecule has 0 aliphatic carbocycles. The predicted molar refractivity (Wildman–Crippen MR) is 82.4 cm³/mol. The molecule has 2 aromatic rings. The van der Waals surface area contributed by atoms with E-state index in [-0.39, 0.29) is 0 Å². The molecule has 0 bridgehead atoms. The molecule has 0 N–H and O–H groups in total. The molecule has 0 nitrogen and oxygen atoms in total. The minimum Gasteiger partial charge on any atom is -0.130 e. The first kappa shape index (κ1) is 12.7. The Hall–Kier alpha value is -0.700. The molecule has 2 heteroatoms. The third-order valence-electron chi connectivity index (χ3n) is 2.96. The average molecular weight is 260 g/mol. The summed E-state index contributed by atoms with van der Waals surface area (Å²) >= 11 is 0. The highest BCUT2D eigenvalue weighted by Gasteiger charge is 2.12. The largest absolute Gasteiger partial charge is 0.130 e. The van der Waals surface area contributed by atoms with Crippen molar-refractivity contribution >= 4 is 18.5 Å². The Morgan fingerprint density at radius 1 is 0.647 bits per heavy atom. The summed E-state index contributed by atoms with van der Waals surface area (Å²) in [6.07, 6.45) is 1.13. The quantitative estimate of drug-likeness (QED) is 0.704. The van der Waals surface area contributed by atoms with Crippen molar-refractivity contribution in [2.24, 2.45) is 0 Å². The summed E-state index contributed by atoms with van der Waals surface area (Å²) in [7, 11) is 5.91. The molecule has 2 aromatic carbocycles. The lowest BCUT2D eigenvalue weighted by molar-refractivity contribution is 0.786. The maximum Gasteiger partial charge on any atom is -0.000557 e.